The van der Waals surface area contributed by atoms with Gasteiger partial charge in [-0.05, 0) is 51.0 Å². The Bertz CT molecular complexity index is 730. The molecule has 2 atom stereocenters. The second-order valence-corrected chi connectivity index (χ2v) is 8.34. The summed E-state index contributed by atoms with van der Waals surface area (Å²) >= 11 is 1.80. The Kier molecular flexibility index (Phi) is 9.04. The number of aliphatic imine (C=N–C) groups is 1. The third kappa shape index (κ3) is 6.09. The molecule has 1 aromatic heterocycles. The van der Waals surface area contributed by atoms with E-state index in [-0.39, 0.29) is 24.0 Å². The van der Waals surface area contributed by atoms with Crippen molar-refractivity contribution < 1.29 is 0 Å². The highest BCUT2D eigenvalue weighted by Gasteiger charge is 2.24. The first-order chi connectivity index (χ1) is 13.1. The molecule has 0 amide bonds. The molecule has 154 valence electrons. The van der Waals surface area contributed by atoms with Crippen molar-refractivity contribution in [2.45, 2.75) is 25.4 Å². The van der Waals surface area contributed by atoms with Crippen LogP contribution in [0.4, 0.5) is 5.69 Å². The summed E-state index contributed by atoms with van der Waals surface area (Å²) in [5, 5.41) is 9.25. The van der Waals surface area contributed by atoms with Crippen LogP contribution < -0.4 is 15.5 Å². The smallest absolute Gasteiger partial charge is 0.191 e. The van der Waals surface area contributed by atoms with Crippen molar-refractivity contribution in [3.05, 3.63) is 52.2 Å². The summed E-state index contributed by atoms with van der Waals surface area (Å²) in [5.41, 5.74) is 2.61. The van der Waals surface area contributed by atoms with Crippen LogP contribution in [-0.2, 0) is 0 Å². The van der Waals surface area contributed by atoms with Gasteiger partial charge in [-0.15, -0.1) is 35.3 Å². The fourth-order valence-corrected chi connectivity index (χ4v) is 4.39. The van der Waals surface area contributed by atoms with Crippen LogP contribution in [0.1, 0.15) is 22.9 Å². The van der Waals surface area contributed by atoms with Gasteiger partial charge in [0.2, 0.25) is 0 Å². The average molecular weight is 513 g/mol. The van der Waals surface area contributed by atoms with Gasteiger partial charge in [0.25, 0.3) is 0 Å². The van der Waals surface area contributed by atoms with E-state index in [4.69, 9.17) is 0 Å². The first-order valence-corrected chi connectivity index (χ1v) is 10.4. The van der Waals surface area contributed by atoms with Gasteiger partial charge in [-0.2, -0.15) is 0 Å². The number of benzene rings is 1. The van der Waals surface area contributed by atoms with Crippen LogP contribution in [-0.4, -0.2) is 57.7 Å². The molecule has 2 heterocycles. The van der Waals surface area contributed by atoms with Crippen molar-refractivity contribution in [3.8, 4) is 0 Å². The number of rotatable bonds is 6. The number of hydrogen-bond donors (Lipinski definition) is 2. The van der Waals surface area contributed by atoms with Crippen molar-refractivity contribution in [2.75, 3.05) is 45.7 Å². The second-order valence-electron chi connectivity index (χ2n) is 7.36. The van der Waals surface area contributed by atoms with Crippen molar-refractivity contribution >= 4 is 47.0 Å². The molecule has 2 N–H and O–H groups in total. The maximum Gasteiger partial charge on any atom is 0.191 e. The number of nitrogens with one attached hydrogen (secondary N) is 2. The van der Waals surface area contributed by atoms with Crippen LogP contribution in [0.2, 0.25) is 0 Å². The van der Waals surface area contributed by atoms with Gasteiger partial charge in [0.1, 0.15) is 0 Å². The SMILES string of the molecule is CN=C(NCC(c1cccs1)N(C)C)NC1CCN(c2ccc(C)cc2)C1.I. The lowest BCUT2D eigenvalue weighted by molar-refractivity contribution is 0.302. The van der Waals surface area contributed by atoms with E-state index in [1.165, 1.54) is 16.1 Å². The molecule has 1 saturated heterocycles. The zero-order chi connectivity index (χ0) is 19.2. The quantitative estimate of drug-likeness (QED) is 0.351. The Labute approximate surface area is 190 Å². The molecule has 0 bridgehead atoms. The fourth-order valence-electron chi connectivity index (χ4n) is 3.47. The van der Waals surface area contributed by atoms with E-state index < -0.39 is 0 Å². The molecule has 2 aromatic rings. The number of guanidine groups is 1. The van der Waals surface area contributed by atoms with E-state index in [0.29, 0.717) is 12.1 Å². The monoisotopic (exact) mass is 513 g/mol. The predicted molar refractivity (Wildman–Crippen MR) is 132 cm³/mol. The lowest BCUT2D eigenvalue weighted by Gasteiger charge is -2.25. The fraction of sp³-hybridized carbons (Fsp3) is 0.476. The maximum atomic E-state index is 4.43. The minimum atomic E-state index is 0. The molecule has 1 aliphatic heterocycles. The molecule has 0 spiro atoms. The number of aryl methyl sites for hydroxylation is 1. The van der Waals surface area contributed by atoms with E-state index in [9.17, 15) is 0 Å². The van der Waals surface area contributed by atoms with E-state index in [0.717, 1.165) is 32.0 Å². The number of likely N-dealkylation sites (N-methyl/N-ethyl adjacent to an activating group) is 1. The van der Waals surface area contributed by atoms with Crippen LogP contribution in [0.3, 0.4) is 0 Å². The molecule has 7 heteroatoms. The van der Waals surface area contributed by atoms with Crippen LogP contribution in [0.15, 0.2) is 46.8 Å². The van der Waals surface area contributed by atoms with Crippen LogP contribution in [0.5, 0.6) is 0 Å². The largest absolute Gasteiger partial charge is 0.369 e. The third-order valence-electron chi connectivity index (χ3n) is 5.11. The highest BCUT2D eigenvalue weighted by Crippen LogP contribution is 2.23. The van der Waals surface area contributed by atoms with E-state index in [1.807, 2.05) is 7.05 Å². The maximum absolute atomic E-state index is 4.43. The van der Waals surface area contributed by atoms with Gasteiger partial charge < -0.3 is 20.4 Å². The van der Waals surface area contributed by atoms with Crippen molar-refractivity contribution in [1.29, 1.82) is 0 Å². The van der Waals surface area contributed by atoms with Crippen molar-refractivity contribution in [3.63, 3.8) is 0 Å². The molecule has 0 saturated carbocycles. The van der Waals surface area contributed by atoms with E-state index >= 15 is 0 Å². The minimum absolute atomic E-state index is 0. The Morgan fingerprint density at radius 2 is 2.04 bits per heavy atom. The van der Waals surface area contributed by atoms with Crippen LogP contribution >= 0.6 is 35.3 Å². The number of hydrogen-bond acceptors (Lipinski definition) is 4. The van der Waals surface area contributed by atoms with E-state index in [1.54, 1.807) is 11.3 Å². The number of thiophene rings is 1. The summed E-state index contributed by atoms with van der Waals surface area (Å²) in [6, 6.07) is 13.9. The molecule has 1 aliphatic rings. The second kappa shape index (κ2) is 11.0. The van der Waals surface area contributed by atoms with Crippen molar-refractivity contribution in [2.24, 2.45) is 4.99 Å². The summed E-state index contributed by atoms with van der Waals surface area (Å²) in [5.74, 6) is 0.883. The Morgan fingerprint density at radius 1 is 1.29 bits per heavy atom. The predicted octanol–water partition coefficient (Wildman–Crippen LogP) is 3.72. The number of nitrogens with zero attached hydrogens (tertiary/aromatic N) is 3. The Balaban J connectivity index is 0.00000280. The summed E-state index contributed by atoms with van der Waals surface area (Å²) in [6.45, 7) is 5.05. The van der Waals surface area contributed by atoms with Gasteiger partial charge in [0.15, 0.2) is 5.96 Å². The molecular weight excluding hydrogens is 481 g/mol. The molecule has 1 fully saturated rings. The van der Waals surface area contributed by atoms with E-state index in [2.05, 4.69) is 88.2 Å². The molecule has 28 heavy (non-hydrogen) atoms. The molecule has 0 radical (unpaired) electrons. The minimum Gasteiger partial charge on any atom is -0.369 e. The molecule has 5 nitrogen and oxygen atoms in total. The van der Waals surface area contributed by atoms with Gasteiger partial charge in [0.05, 0.1) is 6.04 Å². The summed E-state index contributed by atoms with van der Waals surface area (Å²) in [6.07, 6.45) is 1.12. The standard InChI is InChI=1S/C21H31N5S.HI/c1-16-7-9-18(10-8-16)26-12-11-17(15-26)24-21(22-2)23-14-19(25(3)4)20-6-5-13-27-20;/h5-10,13,17,19H,11-12,14-15H2,1-4H3,(H2,22,23,24);1H. The van der Waals surface area contributed by atoms with Gasteiger partial charge in [-0.25, -0.2) is 0 Å². The zero-order valence-electron chi connectivity index (χ0n) is 17.2. The summed E-state index contributed by atoms with van der Waals surface area (Å²) < 4.78 is 0. The zero-order valence-corrected chi connectivity index (χ0v) is 20.3. The molecule has 3 rings (SSSR count). The normalized spacial score (nSPS) is 18.1. The summed E-state index contributed by atoms with van der Waals surface area (Å²) in [4.78, 5) is 10.5. The first-order valence-electron chi connectivity index (χ1n) is 9.55. The summed E-state index contributed by atoms with van der Waals surface area (Å²) in [7, 11) is 6.09. The highest BCUT2D eigenvalue weighted by atomic mass is 127. The van der Waals surface area contributed by atoms with Crippen LogP contribution in [0, 0.1) is 6.92 Å². The molecular formula is C21H32IN5S. The third-order valence-corrected chi connectivity index (χ3v) is 6.08. The Hall–Kier alpha value is -1.32. The van der Waals surface area contributed by atoms with Gasteiger partial charge >= 0.3 is 0 Å². The lowest BCUT2D eigenvalue weighted by Crippen LogP contribution is -2.46. The van der Waals surface area contributed by atoms with Gasteiger partial charge in [-0.1, -0.05) is 23.8 Å². The average Bonchev–Trinajstić information content (AvgIpc) is 3.33. The molecule has 1 aromatic carbocycles. The highest BCUT2D eigenvalue weighted by molar-refractivity contribution is 14.0. The number of halogens is 1. The molecule has 0 aliphatic carbocycles. The number of anilines is 1. The Morgan fingerprint density at radius 3 is 2.64 bits per heavy atom. The van der Waals surface area contributed by atoms with Crippen LogP contribution in [0.25, 0.3) is 0 Å². The topological polar surface area (TPSA) is 42.9 Å². The van der Waals surface area contributed by atoms with Gasteiger partial charge in [0, 0.05) is 43.3 Å². The van der Waals surface area contributed by atoms with Gasteiger partial charge in [-0.3, -0.25) is 4.99 Å². The van der Waals surface area contributed by atoms with Crippen molar-refractivity contribution in [1.82, 2.24) is 15.5 Å². The molecule has 2 unspecified atom stereocenters. The lowest BCUT2D eigenvalue weighted by atomic mass is 10.2. The first kappa shape index (κ1) is 23.0.